The smallest absolute Gasteiger partial charge is 0.240 e. The van der Waals surface area contributed by atoms with Crippen LogP contribution in [0.4, 0.5) is 5.69 Å². The summed E-state index contributed by atoms with van der Waals surface area (Å²) in [7, 11) is 1.64. The lowest BCUT2D eigenvalue weighted by Crippen LogP contribution is -2.35. The Kier molecular flexibility index (Phi) is 5.92. The van der Waals surface area contributed by atoms with Gasteiger partial charge in [0.15, 0.2) is 11.0 Å². The van der Waals surface area contributed by atoms with Crippen molar-refractivity contribution in [2.75, 3.05) is 18.6 Å². The van der Waals surface area contributed by atoms with Gasteiger partial charge in [-0.3, -0.25) is 9.36 Å². The van der Waals surface area contributed by atoms with Crippen LogP contribution in [0, 0.1) is 0 Å². The molecule has 0 fully saturated rings. The van der Waals surface area contributed by atoms with E-state index in [1.54, 1.807) is 13.4 Å². The van der Waals surface area contributed by atoms with Crippen LogP contribution in [0.15, 0.2) is 76.5 Å². The molecule has 5 rings (SSSR count). The highest BCUT2D eigenvalue weighted by atomic mass is 32.2. The maximum atomic E-state index is 13.3. The molecule has 1 aliphatic heterocycles. The SMILES string of the molecule is COc1cccc(-c2nnc(S[C@@H](C)C(=O)N3CCc4ccccc43)n2Cc2ccco2)c1. The zero-order valence-corrected chi connectivity index (χ0v) is 19.3. The highest BCUT2D eigenvalue weighted by Gasteiger charge is 2.30. The summed E-state index contributed by atoms with van der Waals surface area (Å²) in [6.07, 6.45) is 2.53. The number of benzene rings is 2. The van der Waals surface area contributed by atoms with Crippen molar-refractivity contribution in [3.63, 3.8) is 0 Å². The Morgan fingerprint density at radius 2 is 2.03 bits per heavy atom. The van der Waals surface area contributed by atoms with Gasteiger partial charge in [-0.05, 0) is 49.2 Å². The molecule has 0 saturated carbocycles. The summed E-state index contributed by atoms with van der Waals surface area (Å²) in [4.78, 5) is 15.2. The van der Waals surface area contributed by atoms with Crippen molar-refractivity contribution < 1.29 is 13.9 Å². The molecule has 0 N–H and O–H groups in total. The summed E-state index contributed by atoms with van der Waals surface area (Å²) in [6, 6.07) is 19.6. The van der Waals surface area contributed by atoms with Crippen LogP contribution in [0.25, 0.3) is 11.4 Å². The first-order valence-electron chi connectivity index (χ1n) is 10.8. The molecule has 33 heavy (non-hydrogen) atoms. The molecule has 0 aliphatic carbocycles. The normalized spacial score (nSPS) is 13.7. The van der Waals surface area contributed by atoms with Crippen LogP contribution >= 0.6 is 11.8 Å². The van der Waals surface area contributed by atoms with Gasteiger partial charge in [0.25, 0.3) is 0 Å². The first-order valence-corrected chi connectivity index (χ1v) is 11.7. The number of amides is 1. The number of hydrogen-bond donors (Lipinski definition) is 0. The molecule has 1 aliphatic rings. The van der Waals surface area contributed by atoms with E-state index in [2.05, 4.69) is 16.3 Å². The van der Waals surface area contributed by atoms with Crippen molar-refractivity contribution in [1.82, 2.24) is 14.8 Å². The Hall–Kier alpha value is -3.52. The fourth-order valence-electron chi connectivity index (χ4n) is 4.05. The molecule has 8 heteroatoms. The molecular weight excluding hydrogens is 436 g/mol. The minimum atomic E-state index is -0.325. The number of hydrogen-bond acceptors (Lipinski definition) is 6. The molecule has 1 atom stereocenters. The molecule has 0 radical (unpaired) electrons. The first kappa shape index (κ1) is 21.3. The summed E-state index contributed by atoms with van der Waals surface area (Å²) < 4.78 is 13.0. The average Bonchev–Trinajstić information content (AvgIpc) is 3.60. The lowest BCUT2D eigenvalue weighted by atomic mass is 10.2. The molecule has 2 aromatic heterocycles. The predicted molar refractivity (Wildman–Crippen MR) is 128 cm³/mol. The minimum absolute atomic E-state index is 0.0698. The quantitative estimate of drug-likeness (QED) is 0.373. The van der Waals surface area contributed by atoms with E-state index in [-0.39, 0.29) is 11.2 Å². The number of carbonyl (C=O) groups is 1. The molecule has 3 heterocycles. The predicted octanol–water partition coefficient (Wildman–Crippen LogP) is 4.66. The second-order valence-corrected chi connectivity index (χ2v) is 9.14. The van der Waals surface area contributed by atoms with Crippen molar-refractivity contribution in [1.29, 1.82) is 0 Å². The van der Waals surface area contributed by atoms with Gasteiger partial charge in [-0.25, -0.2) is 0 Å². The minimum Gasteiger partial charge on any atom is -0.497 e. The van der Waals surface area contributed by atoms with Gasteiger partial charge >= 0.3 is 0 Å². The number of furan rings is 1. The van der Waals surface area contributed by atoms with Gasteiger partial charge in [0.2, 0.25) is 5.91 Å². The van der Waals surface area contributed by atoms with Crippen molar-refractivity contribution in [3.8, 4) is 17.1 Å². The van der Waals surface area contributed by atoms with E-state index in [0.29, 0.717) is 24.1 Å². The van der Waals surface area contributed by atoms with E-state index >= 15 is 0 Å². The van der Waals surface area contributed by atoms with Crippen LogP contribution in [0.1, 0.15) is 18.2 Å². The number of rotatable bonds is 7. The maximum absolute atomic E-state index is 13.3. The van der Waals surface area contributed by atoms with Gasteiger partial charge in [-0.2, -0.15) is 0 Å². The largest absolute Gasteiger partial charge is 0.497 e. The number of methoxy groups -OCH3 is 1. The van der Waals surface area contributed by atoms with E-state index in [4.69, 9.17) is 9.15 Å². The molecule has 7 nitrogen and oxygen atoms in total. The van der Waals surface area contributed by atoms with E-state index in [9.17, 15) is 4.79 Å². The molecule has 1 amide bonds. The number of anilines is 1. The van der Waals surface area contributed by atoms with Crippen molar-refractivity contribution >= 4 is 23.4 Å². The Morgan fingerprint density at radius 1 is 1.15 bits per heavy atom. The van der Waals surface area contributed by atoms with Gasteiger partial charge in [0, 0.05) is 17.8 Å². The van der Waals surface area contributed by atoms with Crippen molar-refractivity contribution in [2.24, 2.45) is 0 Å². The molecule has 0 bridgehead atoms. The third kappa shape index (κ3) is 4.26. The third-order valence-corrected chi connectivity index (χ3v) is 6.79. The van der Waals surface area contributed by atoms with E-state index in [1.165, 1.54) is 17.3 Å². The van der Waals surface area contributed by atoms with Crippen LogP contribution in [0.2, 0.25) is 0 Å². The highest BCUT2D eigenvalue weighted by Crippen LogP contribution is 2.33. The molecular formula is C25H24N4O3S. The summed E-state index contributed by atoms with van der Waals surface area (Å²) >= 11 is 1.41. The maximum Gasteiger partial charge on any atom is 0.240 e. The van der Waals surface area contributed by atoms with E-state index in [1.807, 2.05) is 71.0 Å². The molecule has 0 saturated heterocycles. The van der Waals surface area contributed by atoms with Crippen LogP contribution < -0.4 is 9.64 Å². The van der Waals surface area contributed by atoms with Crippen molar-refractivity contribution in [2.45, 2.75) is 30.3 Å². The Morgan fingerprint density at radius 3 is 2.85 bits per heavy atom. The van der Waals surface area contributed by atoms with E-state index in [0.717, 1.165) is 29.2 Å². The second kappa shape index (κ2) is 9.15. The van der Waals surface area contributed by atoms with E-state index < -0.39 is 0 Å². The number of carbonyl (C=O) groups excluding carboxylic acids is 1. The number of thioether (sulfide) groups is 1. The topological polar surface area (TPSA) is 73.4 Å². The fraction of sp³-hybridized carbons (Fsp3) is 0.240. The summed E-state index contributed by atoms with van der Waals surface area (Å²) in [5, 5.41) is 9.24. The van der Waals surface area contributed by atoms with Gasteiger partial charge in [-0.15, -0.1) is 10.2 Å². The Balaban J connectivity index is 1.44. The lowest BCUT2D eigenvalue weighted by molar-refractivity contribution is -0.117. The number of para-hydroxylation sites is 1. The Labute approximate surface area is 196 Å². The highest BCUT2D eigenvalue weighted by molar-refractivity contribution is 8.00. The molecule has 0 unspecified atom stereocenters. The molecule has 4 aromatic rings. The third-order valence-electron chi connectivity index (χ3n) is 5.72. The summed E-state index contributed by atoms with van der Waals surface area (Å²) in [5.74, 6) is 2.29. The zero-order valence-electron chi connectivity index (χ0n) is 18.5. The van der Waals surface area contributed by atoms with Crippen LogP contribution in [0.5, 0.6) is 5.75 Å². The van der Waals surface area contributed by atoms with Crippen LogP contribution in [-0.2, 0) is 17.8 Å². The van der Waals surface area contributed by atoms with Crippen LogP contribution in [0.3, 0.4) is 0 Å². The summed E-state index contributed by atoms with van der Waals surface area (Å²) in [5.41, 5.74) is 3.10. The Bertz CT molecular complexity index is 1270. The number of aromatic nitrogens is 3. The van der Waals surface area contributed by atoms with Gasteiger partial charge in [-0.1, -0.05) is 42.1 Å². The molecule has 0 spiro atoms. The fourth-order valence-corrected chi connectivity index (χ4v) is 4.96. The average molecular weight is 461 g/mol. The molecule has 2 aromatic carbocycles. The standard InChI is InChI=1S/C25H24N4O3S/c1-17(24(30)28-13-12-18-7-3-4-11-22(18)28)33-25-27-26-23(19-8-5-9-20(15-19)31-2)29(25)16-21-10-6-14-32-21/h3-11,14-15,17H,12-13,16H2,1-2H3/t17-/m0/s1. The van der Waals surface area contributed by atoms with Gasteiger partial charge < -0.3 is 14.1 Å². The monoisotopic (exact) mass is 460 g/mol. The molecule has 168 valence electrons. The summed E-state index contributed by atoms with van der Waals surface area (Å²) in [6.45, 7) is 3.09. The van der Waals surface area contributed by atoms with Crippen molar-refractivity contribution in [3.05, 3.63) is 78.3 Å². The first-order chi connectivity index (χ1) is 16.1. The number of ether oxygens (including phenoxy) is 1. The van der Waals surface area contributed by atoms with Gasteiger partial charge in [0.1, 0.15) is 11.5 Å². The number of nitrogens with zero attached hydrogens (tertiary/aromatic N) is 4. The van der Waals surface area contributed by atoms with Gasteiger partial charge in [0.05, 0.1) is 25.2 Å². The zero-order chi connectivity index (χ0) is 22.8. The number of fused-ring (bicyclic) bond motifs is 1. The lowest BCUT2D eigenvalue weighted by Gasteiger charge is -2.21. The second-order valence-electron chi connectivity index (χ2n) is 7.83. The van der Waals surface area contributed by atoms with Crippen LogP contribution in [-0.4, -0.2) is 39.6 Å².